The third-order valence-electron chi connectivity index (χ3n) is 13.7. The summed E-state index contributed by atoms with van der Waals surface area (Å²) in [6.45, 7) is -0.984. The van der Waals surface area contributed by atoms with Gasteiger partial charge in [-0.15, -0.1) is 0 Å². The van der Waals surface area contributed by atoms with Gasteiger partial charge in [0.05, 0.1) is 44.7 Å². The molecule has 0 radical (unpaired) electrons. The zero-order chi connectivity index (χ0) is 49.6. The molecule has 1 saturated carbocycles. The molecular formula is C40H68O28. The van der Waals surface area contributed by atoms with Gasteiger partial charge in [-0.25, -0.2) is 0 Å². The van der Waals surface area contributed by atoms with Crippen molar-refractivity contribution < 1.29 is 139 Å². The summed E-state index contributed by atoms with van der Waals surface area (Å²) in [6.07, 6.45) is -53.3. The maximum atomic E-state index is 11.5. The highest BCUT2D eigenvalue weighted by Crippen LogP contribution is 2.39. The third kappa shape index (κ3) is 10.8. The molecule has 0 aromatic rings. The van der Waals surface area contributed by atoms with E-state index in [1.54, 1.807) is 13.8 Å². The van der Waals surface area contributed by atoms with Gasteiger partial charge in [0.1, 0.15) is 128 Å². The summed E-state index contributed by atoms with van der Waals surface area (Å²) in [4.78, 5) is 0. The molecule has 21 saturated heterocycles. The van der Waals surface area contributed by atoms with Crippen LogP contribution >= 0.6 is 0 Å². The number of aliphatic hydroxyl groups is 17. The molecule has 0 amide bonds. The Hall–Kier alpha value is -1.12. The second-order valence-corrected chi connectivity index (χ2v) is 18.8. The van der Waals surface area contributed by atoms with E-state index < -0.39 is 217 Å². The lowest BCUT2D eigenvalue weighted by Gasteiger charge is -2.51. The van der Waals surface area contributed by atoms with Crippen LogP contribution in [-0.4, -0.2) is 298 Å². The van der Waals surface area contributed by atoms with Crippen molar-refractivity contribution in [2.24, 2.45) is 11.8 Å². The van der Waals surface area contributed by atoms with Crippen LogP contribution in [0.25, 0.3) is 0 Å². The number of hydrogen-bond donors (Lipinski definition) is 17. The Kier molecular flexibility index (Phi) is 18.5. The first-order chi connectivity index (χ1) is 32.3. The summed E-state index contributed by atoms with van der Waals surface area (Å²) >= 11 is 0. The number of ether oxygens (including phenoxy) is 11. The average molecular weight is 997 g/mol. The predicted octanol–water partition coefficient (Wildman–Crippen LogP) is -10.3. The van der Waals surface area contributed by atoms with E-state index in [2.05, 4.69) is 0 Å². The topological polar surface area (TPSA) is 445 Å². The minimum absolute atomic E-state index is 0.0685. The van der Waals surface area contributed by atoms with Gasteiger partial charge in [0.15, 0.2) is 31.5 Å². The number of aliphatic hydroxyl groups excluding tert-OH is 17. The van der Waals surface area contributed by atoms with Crippen LogP contribution in [-0.2, 0) is 52.1 Å². The zero-order valence-corrected chi connectivity index (χ0v) is 36.9. The van der Waals surface area contributed by atoms with E-state index in [1.807, 2.05) is 0 Å². The van der Waals surface area contributed by atoms with Gasteiger partial charge in [-0.3, -0.25) is 0 Å². The van der Waals surface area contributed by atoms with Gasteiger partial charge in [-0.05, 0) is 18.8 Å². The summed E-state index contributed by atoms with van der Waals surface area (Å²) in [5.41, 5.74) is 0. The highest BCUT2D eigenvalue weighted by molar-refractivity contribution is 5.02. The molecule has 0 spiro atoms. The van der Waals surface area contributed by atoms with E-state index in [9.17, 15) is 86.8 Å². The Morgan fingerprint density at radius 1 is 0.309 bits per heavy atom. The first-order valence-corrected chi connectivity index (χ1v) is 22.7. The Labute approximate surface area is 388 Å². The quantitative estimate of drug-likeness (QED) is 0.113. The molecule has 30 atom stereocenters. The van der Waals surface area contributed by atoms with E-state index in [0.29, 0.717) is 0 Å². The van der Waals surface area contributed by atoms with Gasteiger partial charge in [0, 0.05) is 12.5 Å². The van der Waals surface area contributed by atoms with Gasteiger partial charge in [0.25, 0.3) is 0 Å². The van der Waals surface area contributed by atoms with Crippen molar-refractivity contribution >= 4 is 0 Å². The van der Waals surface area contributed by atoms with Crippen LogP contribution in [0.3, 0.4) is 0 Å². The van der Waals surface area contributed by atoms with Crippen LogP contribution in [0.4, 0.5) is 0 Å². The minimum atomic E-state index is -2.11. The van der Waals surface area contributed by atoms with Crippen LogP contribution in [0.1, 0.15) is 26.7 Å². The van der Waals surface area contributed by atoms with Gasteiger partial charge in [0.2, 0.25) is 0 Å². The van der Waals surface area contributed by atoms with Crippen molar-refractivity contribution in [3.05, 3.63) is 0 Å². The lowest BCUT2D eigenvalue weighted by Crippen LogP contribution is -2.68. The third-order valence-corrected chi connectivity index (χ3v) is 13.7. The normalized spacial score (nSPS) is 54.2. The van der Waals surface area contributed by atoms with Gasteiger partial charge < -0.3 is 139 Å². The molecule has 30 unspecified atom stereocenters. The van der Waals surface area contributed by atoms with Gasteiger partial charge in [-0.2, -0.15) is 0 Å². The molecule has 28 nitrogen and oxygen atoms in total. The fourth-order valence-corrected chi connectivity index (χ4v) is 9.92. The predicted molar refractivity (Wildman–Crippen MR) is 211 cm³/mol. The summed E-state index contributed by atoms with van der Waals surface area (Å²) in [6, 6.07) is 0. The van der Waals surface area contributed by atoms with Crippen molar-refractivity contribution in [1.82, 2.24) is 0 Å². The average Bonchev–Trinajstić information content (AvgIpc) is 3.31. The van der Waals surface area contributed by atoms with Crippen LogP contribution in [0.5, 0.6) is 0 Å². The molecule has 22 fully saturated rings. The molecule has 21 heterocycles. The summed E-state index contributed by atoms with van der Waals surface area (Å²) < 4.78 is 64.2. The lowest BCUT2D eigenvalue weighted by molar-refractivity contribution is -0.396. The Balaban J connectivity index is 1.20. The monoisotopic (exact) mass is 996 g/mol. The van der Waals surface area contributed by atoms with E-state index in [4.69, 9.17) is 52.1 Å². The molecule has 1 aliphatic carbocycles. The molecule has 68 heavy (non-hydrogen) atoms. The Bertz CT molecular complexity index is 1560. The fraction of sp³-hybridized carbons (Fsp3) is 1.00. The summed E-state index contributed by atoms with van der Waals surface area (Å²) in [5.74, 6) is -1.36. The first-order valence-electron chi connectivity index (χ1n) is 22.7. The van der Waals surface area contributed by atoms with Crippen molar-refractivity contribution in [3.63, 3.8) is 0 Å². The van der Waals surface area contributed by atoms with E-state index in [1.165, 1.54) is 0 Å². The Morgan fingerprint density at radius 2 is 0.574 bits per heavy atom. The Morgan fingerprint density at radius 3 is 0.868 bits per heavy atom. The molecule has 0 aromatic heterocycles. The van der Waals surface area contributed by atoms with Crippen molar-refractivity contribution in [3.8, 4) is 0 Å². The molecular weight excluding hydrogens is 928 g/mol. The van der Waals surface area contributed by atoms with Crippen LogP contribution in [0, 0.1) is 11.8 Å². The molecule has 22 rings (SSSR count). The van der Waals surface area contributed by atoms with Crippen LogP contribution < -0.4 is 0 Å². The van der Waals surface area contributed by atoms with E-state index in [-0.39, 0.29) is 18.8 Å². The van der Waals surface area contributed by atoms with Crippen molar-refractivity contribution in [1.29, 1.82) is 0 Å². The smallest absolute Gasteiger partial charge is 0.187 e. The van der Waals surface area contributed by atoms with Gasteiger partial charge in [-0.1, -0.05) is 13.8 Å². The zero-order valence-electron chi connectivity index (χ0n) is 36.9. The molecule has 0 aromatic carbocycles. The summed E-state index contributed by atoms with van der Waals surface area (Å²) in [7, 11) is 0. The largest absolute Gasteiger partial charge is 0.396 e. The first kappa shape index (κ1) is 54.6. The molecule has 396 valence electrons. The second kappa shape index (κ2) is 23.0. The summed E-state index contributed by atoms with van der Waals surface area (Å²) in [5, 5.41) is 188. The maximum absolute atomic E-state index is 11.5. The lowest BCUT2D eigenvalue weighted by atomic mass is 9.80. The van der Waals surface area contributed by atoms with Gasteiger partial charge >= 0.3 is 0 Å². The van der Waals surface area contributed by atoms with Crippen LogP contribution in [0.15, 0.2) is 0 Å². The standard InChI is InChI=1S/C40H68O28/c1-10(2)3-13-31-20(48)25(53)36(59-13)66-33-15(7-43)61-37(27(55)22(33)50)64-30-11(5-41)4-12(18(46)19(30)47)58-32-14(6-42)60-39(26(54)21(32)49)67-35-17(9-45)63-40(29(57)24(35)52)68-34-16(8-44)62-38(65-31)28(56)23(34)51/h10-57H,3-9H2,1-2H3. The highest BCUT2D eigenvalue weighted by atomic mass is 16.8. The molecule has 28 heteroatoms. The minimum Gasteiger partial charge on any atom is -0.396 e. The molecule has 22 aliphatic rings. The van der Waals surface area contributed by atoms with Crippen molar-refractivity contribution in [2.45, 2.75) is 205 Å². The van der Waals surface area contributed by atoms with E-state index in [0.717, 1.165) is 0 Å². The molecule has 12 bridgehead atoms. The SMILES string of the molecule is CC(C)CC1OC2OC3C(CO)OC(OC4C(CO)CC(OC5C(CO)OC(OC6C(CO)OC(OC7C(CO)OC(OC1C(O)C2O)C(O)C7O)C(O)C6O)C(O)C5O)C(O)C4O)C(O)C3O. The second-order valence-electron chi connectivity index (χ2n) is 18.8. The highest BCUT2D eigenvalue weighted by Gasteiger charge is 2.58. The molecule has 17 N–H and O–H groups in total. The fourth-order valence-electron chi connectivity index (χ4n) is 9.92. The van der Waals surface area contributed by atoms with Crippen LogP contribution in [0.2, 0.25) is 0 Å². The number of hydrogen-bond acceptors (Lipinski definition) is 28. The molecule has 21 aliphatic heterocycles. The maximum Gasteiger partial charge on any atom is 0.187 e. The van der Waals surface area contributed by atoms with E-state index >= 15 is 0 Å². The van der Waals surface area contributed by atoms with Crippen molar-refractivity contribution in [2.75, 3.05) is 33.0 Å². The number of rotatable bonds is 7.